The monoisotopic (exact) mass is 339 g/mol. The van der Waals surface area contributed by atoms with Gasteiger partial charge >= 0.3 is 6.01 Å². The minimum Gasteiger partial charge on any atom is -0.460 e. The summed E-state index contributed by atoms with van der Waals surface area (Å²) in [6.07, 6.45) is 9.23. The van der Waals surface area contributed by atoms with Crippen LogP contribution in [0.25, 0.3) is 11.1 Å². The van der Waals surface area contributed by atoms with E-state index in [1.165, 1.54) is 12.0 Å². The van der Waals surface area contributed by atoms with Crippen molar-refractivity contribution in [2.75, 3.05) is 0 Å². The Morgan fingerprint density at radius 3 is 2.44 bits per heavy atom. The van der Waals surface area contributed by atoms with Gasteiger partial charge in [-0.25, -0.2) is 9.97 Å². The fourth-order valence-corrected chi connectivity index (χ4v) is 2.83. The van der Waals surface area contributed by atoms with Crippen LogP contribution in [-0.2, 0) is 11.2 Å². The summed E-state index contributed by atoms with van der Waals surface area (Å²) in [5, 5.41) is 2.91. The molecule has 0 radical (unpaired) electrons. The summed E-state index contributed by atoms with van der Waals surface area (Å²) in [4.78, 5) is 19.7. The van der Waals surface area contributed by atoms with Crippen LogP contribution < -0.4 is 10.1 Å². The first-order valence-corrected chi connectivity index (χ1v) is 8.95. The molecule has 1 atom stereocenters. The van der Waals surface area contributed by atoms with Crippen LogP contribution in [0.4, 0.5) is 0 Å². The third-order valence-corrected chi connectivity index (χ3v) is 4.56. The molecule has 1 N–H and O–H groups in total. The number of hydrogen-bond acceptors (Lipinski definition) is 4. The van der Waals surface area contributed by atoms with Crippen LogP contribution in [0.3, 0.4) is 0 Å². The first kappa shape index (κ1) is 17.4. The lowest BCUT2D eigenvalue weighted by molar-refractivity contribution is -0.119. The van der Waals surface area contributed by atoms with E-state index in [1.807, 2.05) is 19.3 Å². The van der Waals surface area contributed by atoms with E-state index < -0.39 is 0 Å². The first-order valence-electron chi connectivity index (χ1n) is 8.95. The standard InChI is InChI=1S/C20H25N3O2/c1-14(23-15(2)24)6-7-16-8-10-17(11-9-16)18-12-21-20(22-13-18)25-19-4-3-5-19/h8-14,19H,3-7H2,1-2H3,(H,23,24). The van der Waals surface area contributed by atoms with Gasteiger partial charge in [0.05, 0.1) is 0 Å². The van der Waals surface area contributed by atoms with E-state index in [2.05, 4.69) is 39.6 Å². The van der Waals surface area contributed by atoms with Crippen molar-refractivity contribution >= 4 is 5.91 Å². The number of hydrogen-bond donors (Lipinski definition) is 1. The number of carbonyl (C=O) groups excluding carboxylic acids is 1. The third kappa shape index (κ3) is 5.02. The molecule has 132 valence electrons. The van der Waals surface area contributed by atoms with E-state index in [-0.39, 0.29) is 11.9 Å². The maximum absolute atomic E-state index is 11.0. The fourth-order valence-electron chi connectivity index (χ4n) is 2.83. The van der Waals surface area contributed by atoms with Gasteiger partial charge in [0.25, 0.3) is 0 Å². The molecular formula is C20H25N3O2. The lowest BCUT2D eigenvalue weighted by Crippen LogP contribution is -2.30. The minimum atomic E-state index is 0.0209. The highest BCUT2D eigenvalue weighted by Crippen LogP contribution is 2.24. The molecule has 5 heteroatoms. The molecule has 1 saturated carbocycles. The molecule has 2 aromatic rings. The zero-order valence-corrected chi connectivity index (χ0v) is 14.9. The van der Waals surface area contributed by atoms with Gasteiger partial charge in [-0.05, 0) is 50.2 Å². The maximum atomic E-state index is 11.0. The number of nitrogens with one attached hydrogen (secondary N) is 1. The highest BCUT2D eigenvalue weighted by molar-refractivity contribution is 5.73. The van der Waals surface area contributed by atoms with Gasteiger partial charge in [0.15, 0.2) is 0 Å². The molecule has 3 rings (SSSR count). The van der Waals surface area contributed by atoms with Crippen molar-refractivity contribution in [3.8, 4) is 17.1 Å². The van der Waals surface area contributed by atoms with Crippen LogP contribution in [0, 0.1) is 0 Å². The van der Waals surface area contributed by atoms with Gasteiger partial charge in [-0.2, -0.15) is 0 Å². The molecular weight excluding hydrogens is 314 g/mol. The summed E-state index contributed by atoms with van der Waals surface area (Å²) in [6.45, 7) is 3.58. The van der Waals surface area contributed by atoms with Crippen LogP contribution in [0.5, 0.6) is 6.01 Å². The normalized spacial score (nSPS) is 15.3. The van der Waals surface area contributed by atoms with Crippen LogP contribution in [0.2, 0.25) is 0 Å². The Hall–Kier alpha value is -2.43. The Morgan fingerprint density at radius 1 is 1.20 bits per heavy atom. The molecule has 1 unspecified atom stereocenters. The quantitative estimate of drug-likeness (QED) is 0.838. The average molecular weight is 339 g/mol. The number of carbonyl (C=O) groups is 1. The highest BCUT2D eigenvalue weighted by Gasteiger charge is 2.20. The van der Waals surface area contributed by atoms with E-state index in [0.717, 1.165) is 36.8 Å². The molecule has 1 aromatic carbocycles. The smallest absolute Gasteiger partial charge is 0.316 e. The van der Waals surface area contributed by atoms with Crippen LogP contribution in [-0.4, -0.2) is 28.0 Å². The predicted octanol–water partition coefficient (Wildman–Crippen LogP) is 3.53. The Bertz CT molecular complexity index is 694. The molecule has 5 nitrogen and oxygen atoms in total. The number of benzene rings is 1. The topological polar surface area (TPSA) is 64.1 Å². The van der Waals surface area contributed by atoms with Crippen molar-refractivity contribution in [2.24, 2.45) is 0 Å². The Morgan fingerprint density at radius 2 is 1.88 bits per heavy atom. The van der Waals surface area contributed by atoms with Gasteiger partial charge in [-0.15, -0.1) is 0 Å². The van der Waals surface area contributed by atoms with E-state index in [1.54, 1.807) is 6.92 Å². The molecule has 1 aromatic heterocycles. The van der Waals surface area contributed by atoms with Gasteiger partial charge < -0.3 is 10.1 Å². The largest absolute Gasteiger partial charge is 0.460 e. The molecule has 1 amide bonds. The molecule has 0 aliphatic heterocycles. The SMILES string of the molecule is CC(=O)NC(C)CCc1ccc(-c2cnc(OC3CCC3)nc2)cc1. The minimum absolute atomic E-state index is 0.0209. The second-order valence-corrected chi connectivity index (χ2v) is 6.76. The first-order chi connectivity index (χ1) is 12.1. The number of amides is 1. The number of nitrogens with zero attached hydrogens (tertiary/aromatic N) is 2. The van der Waals surface area contributed by atoms with E-state index >= 15 is 0 Å². The molecule has 1 aliphatic rings. The van der Waals surface area contributed by atoms with Crippen molar-refractivity contribution in [3.05, 3.63) is 42.2 Å². The van der Waals surface area contributed by atoms with Gasteiger partial charge in [-0.1, -0.05) is 24.3 Å². The summed E-state index contributed by atoms with van der Waals surface area (Å²) >= 11 is 0. The zero-order valence-electron chi connectivity index (χ0n) is 14.9. The number of aryl methyl sites for hydroxylation is 1. The van der Waals surface area contributed by atoms with E-state index in [0.29, 0.717) is 12.1 Å². The van der Waals surface area contributed by atoms with Crippen molar-refractivity contribution < 1.29 is 9.53 Å². The molecule has 0 spiro atoms. The van der Waals surface area contributed by atoms with Gasteiger partial charge in [0.2, 0.25) is 5.91 Å². The van der Waals surface area contributed by atoms with Crippen molar-refractivity contribution in [3.63, 3.8) is 0 Å². The third-order valence-electron chi connectivity index (χ3n) is 4.56. The summed E-state index contributed by atoms with van der Waals surface area (Å²) in [5.74, 6) is 0.0209. The molecule has 25 heavy (non-hydrogen) atoms. The maximum Gasteiger partial charge on any atom is 0.316 e. The molecule has 0 saturated heterocycles. The van der Waals surface area contributed by atoms with Gasteiger partial charge in [-0.3, -0.25) is 4.79 Å². The lowest BCUT2D eigenvalue weighted by atomic mass is 9.96. The van der Waals surface area contributed by atoms with Crippen LogP contribution >= 0.6 is 0 Å². The summed E-state index contributed by atoms with van der Waals surface area (Å²) in [7, 11) is 0. The summed E-state index contributed by atoms with van der Waals surface area (Å²) in [5.41, 5.74) is 3.33. The second kappa shape index (κ2) is 8.10. The highest BCUT2D eigenvalue weighted by atomic mass is 16.5. The van der Waals surface area contributed by atoms with Crippen molar-refractivity contribution in [1.82, 2.24) is 15.3 Å². The fraction of sp³-hybridized carbons (Fsp3) is 0.450. The van der Waals surface area contributed by atoms with Gasteiger partial charge in [0.1, 0.15) is 6.10 Å². The van der Waals surface area contributed by atoms with E-state index in [4.69, 9.17) is 4.74 Å². The van der Waals surface area contributed by atoms with Crippen LogP contribution in [0.15, 0.2) is 36.7 Å². The zero-order chi connectivity index (χ0) is 17.6. The summed E-state index contributed by atoms with van der Waals surface area (Å²) < 4.78 is 5.69. The Kier molecular flexibility index (Phi) is 5.64. The van der Waals surface area contributed by atoms with Gasteiger partial charge in [0, 0.05) is 30.9 Å². The van der Waals surface area contributed by atoms with Crippen molar-refractivity contribution in [1.29, 1.82) is 0 Å². The molecule has 1 heterocycles. The Labute approximate surface area is 148 Å². The lowest BCUT2D eigenvalue weighted by Gasteiger charge is -2.24. The number of rotatable bonds is 7. The number of aromatic nitrogens is 2. The Balaban J connectivity index is 1.55. The van der Waals surface area contributed by atoms with Crippen LogP contribution in [0.1, 0.15) is 45.1 Å². The van der Waals surface area contributed by atoms with Crippen molar-refractivity contribution in [2.45, 2.75) is 58.1 Å². The molecule has 1 aliphatic carbocycles. The number of ether oxygens (including phenoxy) is 1. The molecule has 0 bridgehead atoms. The molecule has 1 fully saturated rings. The second-order valence-electron chi connectivity index (χ2n) is 6.76. The predicted molar refractivity (Wildman–Crippen MR) is 97.3 cm³/mol. The summed E-state index contributed by atoms with van der Waals surface area (Å²) in [6, 6.07) is 9.07. The van der Waals surface area contributed by atoms with E-state index in [9.17, 15) is 4.79 Å². The average Bonchev–Trinajstić information content (AvgIpc) is 2.57.